The van der Waals surface area contributed by atoms with Crippen LogP contribution in [0.3, 0.4) is 0 Å². The van der Waals surface area contributed by atoms with Crippen molar-refractivity contribution >= 4 is 5.97 Å². The number of unbranched alkanes of at least 4 members (excludes halogenated alkanes) is 4. The van der Waals surface area contributed by atoms with Crippen molar-refractivity contribution in [1.82, 2.24) is 0 Å². The second kappa shape index (κ2) is 16.1. The van der Waals surface area contributed by atoms with Gasteiger partial charge in [0.1, 0.15) is 23.9 Å². The lowest BCUT2D eigenvalue weighted by Gasteiger charge is -2.28. The van der Waals surface area contributed by atoms with E-state index in [-0.39, 0.29) is 0 Å². The van der Waals surface area contributed by atoms with E-state index in [2.05, 4.69) is 13.5 Å². The Kier molecular flexibility index (Phi) is 12.4. The topological polar surface area (TPSA) is 44.8 Å². The lowest BCUT2D eigenvalue weighted by Crippen LogP contribution is -2.15. The molecule has 1 aliphatic carbocycles. The summed E-state index contributed by atoms with van der Waals surface area (Å²) in [5, 5.41) is 0. The van der Waals surface area contributed by atoms with E-state index in [0.717, 1.165) is 30.6 Å². The summed E-state index contributed by atoms with van der Waals surface area (Å²) in [6.45, 7) is 7.07. The molecule has 0 heterocycles. The fraction of sp³-hybridized carbons (Fsp3) is 0.531. The monoisotopic (exact) mass is 492 g/mol. The van der Waals surface area contributed by atoms with Crippen LogP contribution >= 0.6 is 0 Å². The van der Waals surface area contributed by atoms with E-state index < -0.39 is 5.97 Å². The molecule has 0 aliphatic heterocycles. The highest BCUT2D eigenvalue weighted by Crippen LogP contribution is 2.34. The average molecular weight is 493 g/mol. The van der Waals surface area contributed by atoms with E-state index >= 15 is 0 Å². The van der Waals surface area contributed by atoms with Gasteiger partial charge in [-0.15, -0.1) is 0 Å². The molecule has 0 atom stereocenters. The molecule has 1 fully saturated rings. The molecule has 0 bridgehead atoms. The molecule has 2 aromatic rings. The van der Waals surface area contributed by atoms with Gasteiger partial charge in [-0.3, -0.25) is 0 Å². The van der Waals surface area contributed by atoms with Crippen LogP contribution in [0.2, 0.25) is 0 Å². The predicted octanol–water partition coefficient (Wildman–Crippen LogP) is 8.80. The van der Waals surface area contributed by atoms with Crippen molar-refractivity contribution in [2.45, 2.75) is 84.0 Å². The van der Waals surface area contributed by atoms with Gasteiger partial charge >= 0.3 is 5.97 Å². The standard InChI is InChI=1S/C32H44O4/c1-3-5-6-7-8-10-26-12-14-27(15-13-26)11-9-25-35-30-20-22-31(23-21-30)36-32(33)28-16-18-29(19-17-28)34-24-4-2/h4,16-23,26-27H,2-3,5-15,24-25H2,1H3/t26-,27-. The molecule has 0 amide bonds. The van der Waals surface area contributed by atoms with Crippen molar-refractivity contribution in [3.63, 3.8) is 0 Å². The Labute approximate surface area is 218 Å². The molecule has 0 unspecified atom stereocenters. The smallest absolute Gasteiger partial charge is 0.343 e. The van der Waals surface area contributed by atoms with Crippen LogP contribution in [-0.4, -0.2) is 19.2 Å². The van der Waals surface area contributed by atoms with Crippen molar-refractivity contribution in [2.75, 3.05) is 13.2 Å². The van der Waals surface area contributed by atoms with Gasteiger partial charge in [-0.05, 0) is 73.2 Å². The third-order valence-electron chi connectivity index (χ3n) is 7.20. The molecule has 4 heteroatoms. The summed E-state index contributed by atoms with van der Waals surface area (Å²) < 4.78 is 16.9. The van der Waals surface area contributed by atoms with E-state index in [1.165, 1.54) is 70.6 Å². The zero-order chi connectivity index (χ0) is 25.4. The molecule has 3 rings (SSSR count). The van der Waals surface area contributed by atoms with E-state index in [0.29, 0.717) is 23.7 Å². The minimum absolute atomic E-state index is 0.398. The second-order valence-corrected chi connectivity index (χ2v) is 10.1. The molecule has 1 saturated carbocycles. The van der Waals surface area contributed by atoms with Gasteiger partial charge < -0.3 is 14.2 Å². The summed E-state index contributed by atoms with van der Waals surface area (Å²) in [6, 6.07) is 14.2. The molecule has 0 spiro atoms. The summed E-state index contributed by atoms with van der Waals surface area (Å²) in [6.07, 6.45) is 18.1. The van der Waals surface area contributed by atoms with Crippen molar-refractivity contribution in [1.29, 1.82) is 0 Å². The van der Waals surface area contributed by atoms with Crippen molar-refractivity contribution in [3.05, 3.63) is 66.7 Å². The van der Waals surface area contributed by atoms with Crippen LogP contribution in [0, 0.1) is 11.8 Å². The van der Waals surface area contributed by atoms with E-state index in [1.807, 2.05) is 12.1 Å². The molecular weight excluding hydrogens is 448 g/mol. The molecule has 4 nitrogen and oxygen atoms in total. The quantitative estimate of drug-likeness (QED) is 0.102. The fourth-order valence-corrected chi connectivity index (χ4v) is 5.02. The molecule has 0 saturated heterocycles. The van der Waals surface area contributed by atoms with Crippen molar-refractivity contribution in [3.8, 4) is 17.2 Å². The number of rotatable bonds is 16. The third-order valence-corrected chi connectivity index (χ3v) is 7.20. The Morgan fingerprint density at radius 1 is 0.778 bits per heavy atom. The van der Waals surface area contributed by atoms with Crippen molar-refractivity contribution < 1.29 is 19.0 Å². The van der Waals surface area contributed by atoms with Crippen LogP contribution in [0.1, 0.15) is 94.3 Å². The van der Waals surface area contributed by atoms with Gasteiger partial charge in [-0.2, -0.15) is 0 Å². The highest BCUT2D eigenvalue weighted by molar-refractivity contribution is 5.91. The van der Waals surface area contributed by atoms with E-state index in [1.54, 1.807) is 42.5 Å². The normalized spacial score (nSPS) is 17.4. The largest absolute Gasteiger partial charge is 0.494 e. The summed E-state index contributed by atoms with van der Waals surface area (Å²) in [5.41, 5.74) is 0.474. The summed E-state index contributed by atoms with van der Waals surface area (Å²) in [7, 11) is 0. The average Bonchev–Trinajstić information content (AvgIpc) is 2.91. The number of ether oxygens (including phenoxy) is 3. The van der Waals surface area contributed by atoms with E-state index in [4.69, 9.17) is 14.2 Å². The number of hydrogen-bond donors (Lipinski definition) is 0. The minimum Gasteiger partial charge on any atom is -0.494 e. The highest BCUT2D eigenvalue weighted by atomic mass is 16.5. The number of hydrogen-bond acceptors (Lipinski definition) is 4. The second-order valence-electron chi connectivity index (χ2n) is 10.1. The van der Waals surface area contributed by atoms with Crippen LogP contribution in [0.25, 0.3) is 0 Å². The first kappa shape index (κ1) is 27.8. The first-order valence-electron chi connectivity index (χ1n) is 14.0. The van der Waals surface area contributed by atoms with Crippen LogP contribution in [-0.2, 0) is 0 Å². The number of esters is 1. The van der Waals surface area contributed by atoms with E-state index in [9.17, 15) is 4.79 Å². The zero-order valence-electron chi connectivity index (χ0n) is 22.1. The van der Waals surface area contributed by atoms with Gasteiger partial charge in [0.25, 0.3) is 0 Å². The van der Waals surface area contributed by atoms with Gasteiger partial charge in [0.2, 0.25) is 0 Å². The molecule has 2 aromatic carbocycles. The van der Waals surface area contributed by atoms with Gasteiger partial charge in [0, 0.05) is 0 Å². The van der Waals surface area contributed by atoms with Crippen molar-refractivity contribution in [2.24, 2.45) is 11.8 Å². The molecule has 0 aromatic heterocycles. The maximum Gasteiger partial charge on any atom is 0.343 e. The van der Waals surface area contributed by atoms with Gasteiger partial charge in [0.15, 0.2) is 0 Å². The molecular formula is C32H44O4. The maximum atomic E-state index is 12.4. The molecule has 1 aliphatic rings. The molecule has 36 heavy (non-hydrogen) atoms. The number of benzene rings is 2. The fourth-order valence-electron chi connectivity index (χ4n) is 5.02. The number of carbonyl (C=O) groups is 1. The minimum atomic E-state index is -0.398. The maximum absolute atomic E-state index is 12.4. The lowest BCUT2D eigenvalue weighted by molar-refractivity contribution is 0.0734. The molecule has 0 radical (unpaired) electrons. The summed E-state index contributed by atoms with van der Waals surface area (Å²) >= 11 is 0. The zero-order valence-corrected chi connectivity index (χ0v) is 22.1. The third kappa shape index (κ3) is 10.1. The SMILES string of the molecule is C=CCOc1ccc(C(=O)Oc2ccc(OCCC[C@H]3CC[C@H](CCCCCCC)CC3)cc2)cc1. The lowest BCUT2D eigenvalue weighted by atomic mass is 9.78. The summed E-state index contributed by atoms with van der Waals surface area (Å²) in [4.78, 5) is 12.4. The van der Waals surface area contributed by atoms with Crippen LogP contribution in [0.4, 0.5) is 0 Å². The van der Waals surface area contributed by atoms with Crippen LogP contribution in [0.15, 0.2) is 61.2 Å². The van der Waals surface area contributed by atoms with Gasteiger partial charge in [0.05, 0.1) is 12.2 Å². The van der Waals surface area contributed by atoms with Gasteiger partial charge in [-0.25, -0.2) is 4.79 Å². The highest BCUT2D eigenvalue weighted by Gasteiger charge is 2.20. The Bertz CT molecular complexity index is 879. The Balaban J connectivity index is 1.28. The number of carbonyl (C=O) groups excluding carboxylic acids is 1. The Morgan fingerprint density at radius 3 is 1.97 bits per heavy atom. The first-order chi connectivity index (χ1) is 17.7. The Morgan fingerprint density at radius 2 is 1.33 bits per heavy atom. The Hall–Kier alpha value is -2.75. The predicted molar refractivity (Wildman–Crippen MR) is 147 cm³/mol. The van der Waals surface area contributed by atoms with Crippen LogP contribution < -0.4 is 14.2 Å². The molecule has 196 valence electrons. The van der Waals surface area contributed by atoms with Gasteiger partial charge in [-0.1, -0.05) is 83.8 Å². The molecule has 0 N–H and O–H groups in total. The van der Waals surface area contributed by atoms with Crippen LogP contribution in [0.5, 0.6) is 17.2 Å². The first-order valence-corrected chi connectivity index (χ1v) is 14.0. The summed E-state index contributed by atoms with van der Waals surface area (Å²) in [5.74, 6) is 3.45.